The topological polar surface area (TPSA) is 49.4 Å². The molecule has 180 valence electrons. The van der Waals surface area contributed by atoms with E-state index >= 15 is 0 Å². The summed E-state index contributed by atoms with van der Waals surface area (Å²) in [5, 5.41) is 0. The van der Waals surface area contributed by atoms with Gasteiger partial charge in [-0.1, -0.05) is 30.3 Å². The van der Waals surface area contributed by atoms with Crippen LogP contribution >= 0.6 is 0 Å². The molecular weight excluding hydrogens is 430 g/mol. The fourth-order valence-electron chi connectivity index (χ4n) is 4.36. The average molecular weight is 464 g/mol. The lowest BCUT2D eigenvalue weighted by Crippen LogP contribution is -2.30. The van der Waals surface area contributed by atoms with Crippen molar-refractivity contribution in [1.82, 2.24) is 4.90 Å². The summed E-state index contributed by atoms with van der Waals surface area (Å²) < 4.78 is 28.6. The molecule has 0 saturated heterocycles. The third-order valence-corrected chi connectivity index (χ3v) is 6.02. The largest absolute Gasteiger partial charge is 0.493 e. The second-order valence-corrected chi connectivity index (χ2v) is 8.27. The van der Waals surface area contributed by atoms with E-state index in [0.717, 1.165) is 48.7 Å². The summed E-state index contributed by atoms with van der Waals surface area (Å²) in [6.07, 6.45) is 0.952. The van der Waals surface area contributed by atoms with Gasteiger partial charge in [-0.05, 0) is 59.9 Å². The van der Waals surface area contributed by atoms with Crippen LogP contribution in [0.1, 0.15) is 29.2 Å². The number of rotatable bonds is 10. The van der Waals surface area contributed by atoms with Crippen LogP contribution in [0.4, 0.5) is 0 Å². The SMILES string of the molecule is CCOc1cc2c(cc1OCc1ccccc1)CCN(Cc1cc(OC)c(OC)c(OC)c1)C2. The van der Waals surface area contributed by atoms with Crippen LogP contribution < -0.4 is 23.7 Å². The van der Waals surface area contributed by atoms with Crippen LogP contribution in [0.5, 0.6) is 28.7 Å². The molecule has 0 spiro atoms. The maximum absolute atomic E-state index is 6.16. The summed E-state index contributed by atoms with van der Waals surface area (Å²) >= 11 is 0. The van der Waals surface area contributed by atoms with Gasteiger partial charge in [-0.3, -0.25) is 4.90 Å². The first kappa shape index (κ1) is 23.8. The van der Waals surface area contributed by atoms with E-state index in [1.54, 1.807) is 21.3 Å². The van der Waals surface area contributed by atoms with Gasteiger partial charge in [0.05, 0.1) is 27.9 Å². The number of hydrogen-bond donors (Lipinski definition) is 0. The molecule has 0 bridgehead atoms. The van der Waals surface area contributed by atoms with E-state index in [1.807, 2.05) is 37.3 Å². The zero-order valence-electron chi connectivity index (χ0n) is 20.4. The Morgan fingerprint density at radius 1 is 0.735 bits per heavy atom. The van der Waals surface area contributed by atoms with Crippen molar-refractivity contribution in [2.75, 3.05) is 34.5 Å². The first-order valence-corrected chi connectivity index (χ1v) is 11.6. The molecule has 4 rings (SSSR count). The van der Waals surface area contributed by atoms with Crippen molar-refractivity contribution in [2.24, 2.45) is 0 Å². The van der Waals surface area contributed by atoms with Crippen LogP contribution in [-0.4, -0.2) is 39.4 Å². The van der Waals surface area contributed by atoms with Crippen molar-refractivity contribution >= 4 is 0 Å². The Hall–Kier alpha value is -3.38. The van der Waals surface area contributed by atoms with Gasteiger partial charge in [-0.2, -0.15) is 0 Å². The molecule has 34 heavy (non-hydrogen) atoms. The minimum Gasteiger partial charge on any atom is -0.493 e. The molecule has 6 heteroatoms. The Bertz CT molecular complexity index is 1070. The molecule has 6 nitrogen and oxygen atoms in total. The number of methoxy groups -OCH3 is 3. The standard InChI is InChI=1S/C28H33NO5/c1-5-33-24-16-23-18-29(17-21-13-26(30-2)28(32-4)27(14-21)31-3)12-11-22(23)15-25(24)34-19-20-9-7-6-8-10-20/h6-10,13-16H,5,11-12,17-19H2,1-4H3. The van der Waals surface area contributed by atoms with E-state index in [1.165, 1.54) is 11.1 Å². The molecule has 0 unspecified atom stereocenters. The van der Waals surface area contributed by atoms with Gasteiger partial charge in [0.1, 0.15) is 6.61 Å². The van der Waals surface area contributed by atoms with E-state index in [4.69, 9.17) is 23.7 Å². The van der Waals surface area contributed by atoms with Crippen molar-refractivity contribution in [1.29, 1.82) is 0 Å². The van der Waals surface area contributed by atoms with Crippen molar-refractivity contribution in [2.45, 2.75) is 33.0 Å². The summed E-state index contributed by atoms with van der Waals surface area (Å²) in [6.45, 7) is 5.69. The van der Waals surface area contributed by atoms with Crippen LogP contribution in [0.15, 0.2) is 54.6 Å². The predicted octanol–water partition coefficient (Wildman–Crippen LogP) is 5.25. The number of benzene rings is 3. The highest BCUT2D eigenvalue weighted by Gasteiger charge is 2.21. The van der Waals surface area contributed by atoms with Gasteiger partial charge in [0.25, 0.3) is 0 Å². The molecule has 0 atom stereocenters. The third kappa shape index (κ3) is 5.39. The Balaban J connectivity index is 1.51. The number of fused-ring (bicyclic) bond motifs is 1. The van der Waals surface area contributed by atoms with Gasteiger partial charge in [-0.25, -0.2) is 0 Å². The van der Waals surface area contributed by atoms with Crippen LogP contribution in [0.2, 0.25) is 0 Å². The predicted molar refractivity (Wildman–Crippen MR) is 132 cm³/mol. The molecule has 0 amide bonds. The van der Waals surface area contributed by atoms with Crippen molar-refractivity contribution in [3.63, 3.8) is 0 Å². The van der Waals surface area contributed by atoms with Crippen LogP contribution in [0.3, 0.4) is 0 Å². The van der Waals surface area contributed by atoms with Crippen LogP contribution in [0.25, 0.3) is 0 Å². The molecule has 3 aromatic carbocycles. The van der Waals surface area contributed by atoms with E-state index < -0.39 is 0 Å². The summed E-state index contributed by atoms with van der Waals surface area (Å²) in [4.78, 5) is 2.42. The molecule has 3 aromatic rings. The second kappa shape index (κ2) is 11.2. The normalized spacial score (nSPS) is 13.2. The number of ether oxygens (including phenoxy) is 5. The lowest BCUT2D eigenvalue weighted by molar-refractivity contribution is 0.239. The van der Waals surface area contributed by atoms with Crippen molar-refractivity contribution < 1.29 is 23.7 Å². The number of nitrogens with zero attached hydrogens (tertiary/aromatic N) is 1. The monoisotopic (exact) mass is 463 g/mol. The van der Waals surface area contributed by atoms with Gasteiger partial charge in [0.15, 0.2) is 23.0 Å². The molecule has 0 fully saturated rings. The Labute approximate surface area is 202 Å². The molecule has 1 aliphatic heterocycles. The Kier molecular flexibility index (Phi) is 7.80. The average Bonchev–Trinajstić information content (AvgIpc) is 2.87. The van der Waals surface area contributed by atoms with Gasteiger partial charge in [0, 0.05) is 19.6 Å². The van der Waals surface area contributed by atoms with E-state index in [0.29, 0.717) is 30.5 Å². The first-order chi connectivity index (χ1) is 16.6. The molecule has 0 radical (unpaired) electrons. The second-order valence-electron chi connectivity index (χ2n) is 8.27. The van der Waals surface area contributed by atoms with Crippen molar-refractivity contribution in [3.8, 4) is 28.7 Å². The Morgan fingerprint density at radius 2 is 1.41 bits per heavy atom. The Morgan fingerprint density at radius 3 is 2.06 bits per heavy atom. The highest BCUT2D eigenvalue weighted by molar-refractivity contribution is 5.54. The van der Waals surface area contributed by atoms with Crippen LogP contribution in [-0.2, 0) is 26.1 Å². The molecule has 0 saturated carbocycles. The number of hydrogen-bond acceptors (Lipinski definition) is 6. The molecule has 0 aliphatic carbocycles. The van der Waals surface area contributed by atoms with Gasteiger partial charge < -0.3 is 23.7 Å². The van der Waals surface area contributed by atoms with Gasteiger partial charge in [0.2, 0.25) is 5.75 Å². The van der Waals surface area contributed by atoms with Crippen molar-refractivity contribution in [3.05, 3.63) is 76.9 Å². The van der Waals surface area contributed by atoms with E-state index in [-0.39, 0.29) is 0 Å². The third-order valence-electron chi connectivity index (χ3n) is 6.02. The van der Waals surface area contributed by atoms with Crippen LogP contribution in [0, 0.1) is 0 Å². The summed E-state index contributed by atoms with van der Waals surface area (Å²) in [7, 11) is 4.91. The zero-order valence-corrected chi connectivity index (χ0v) is 20.4. The fraction of sp³-hybridized carbons (Fsp3) is 0.357. The molecule has 0 aromatic heterocycles. The van der Waals surface area contributed by atoms with Gasteiger partial charge in [-0.15, -0.1) is 0 Å². The maximum Gasteiger partial charge on any atom is 0.203 e. The first-order valence-electron chi connectivity index (χ1n) is 11.6. The van der Waals surface area contributed by atoms with Gasteiger partial charge >= 0.3 is 0 Å². The molecule has 0 N–H and O–H groups in total. The minimum atomic E-state index is 0.521. The fourth-order valence-corrected chi connectivity index (χ4v) is 4.36. The quantitative estimate of drug-likeness (QED) is 0.409. The lowest BCUT2D eigenvalue weighted by atomic mass is 9.98. The zero-order chi connectivity index (χ0) is 23.9. The highest BCUT2D eigenvalue weighted by atomic mass is 16.5. The summed E-state index contributed by atoms with van der Waals surface area (Å²) in [5.74, 6) is 3.57. The highest BCUT2D eigenvalue weighted by Crippen LogP contribution is 2.39. The smallest absolute Gasteiger partial charge is 0.203 e. The maximum atomic E-state index is 6.16. The van der Waals surface area contributed by atoms with E-state index in [2.05, 4.69) is 29.2 Å². The molecule has 1 aliphatic rings. The van der Waals surface area contributed by atoms with E-state index in [9.17, 15) is 0 Å². The molecular formula is C28H33NO5. The summed E-state index contributed by atoms with van der Waals surface area (Å²) in [5.41, 5.74) is 4.84. The lowest BCUT2D eigenvalue weighted by Gasteiger charge is -2.30. The minimum absolute atomic E-state index is 0.521. The molecule has 1 heterocycles. The summed E-state index contributed by atoms with van der Waals surface area (Å²) in [6, 6.07) is 18.5.